The lowest BCUT2D eigenvalue weighted by Crippen LogP contribution is -2.33. The second-order valence-corrected chi connectivity index (χ2v) is 14.1. The van der Waals surface area contributed by atoms with Crippen molar-refractivity contribution >= 4 is 34.2 Å². The van der Waals surface area contributed by atoms with E-state index in [0.717, 1.165) is 98.1 Å². The number of amides is 1. The van der Waals surface area contributed by atoms with E-state index in [1.165, 1.54) is 0 Å². The van der Waals surface area contributed by atoms with Crippen molar-refractivity contribution in [3.8, 4) is 16.9 Å². The summed E-state index contributed by atoms with van der Waals surface area (Å²) in [6.07, 6.45) is 12.6. The van der Waals surface area contributed by atoms with E-state index in [-0.39, 0.29) is 5.91 Å². The molecule has 0 bridgehead atoms. The van der Waals surface area contributed by atoms with Gasteiger partial charge in [-0.3, -0.25) is 9.00 Å². The topological polar surface area (TPSA) is 85.7 Å². The fourth-order valence-corrected chi connectivity index (χ4v) is 7.00. The number of aromatic nitrogens is 2. The number of imidazole rings is 1. The molecule has 9 heteroatoms. The molecule has 1 N–H and O–H groups in total. The molecular weight excluding hydrogens is 633 g/mol. The Labute approximate surface area is 294 Å². The Bertz CT molecular complexity index is 1680. The van der Waals surface area contributed by atoms with Crippen molar-refractivity contribution < 1.29 is 18.5 Å². The Morgan fingerprint density at radius 3 is 2.45 bits per heavy atom. The van der Waals surface area contributed by atoms with Gasteiger partial charge in [-0.1, -0.05) is 45.4 Å². The highest BCUT2D eigenvalue weighted by Crippen LogP contribution is 2.32. The second-order valence-electron chi connectivity index (χ2n) is 12.7. The van der Waals surface area contributed by atoms with Crippen molar-refractivity contribution in [2.75, 3.05) is 43.1 Å². The monoisotopic (exact) mass is 682 g/mol. The summed E-state index contributed by atoms with van der Waals surface area (Å²) in [6, 6.07) is 21.8. The molecule has 1 amide bonds. The number of carbonyl (C=O) groups is 1. The van der Waals surface area contributed by atoms with Crippen molar-refractivity contribution in [3.63, 3.8) is 0 Å². The third kappa shape index (κ3) is 10.6. The smallest absolute Gasteiger partial charge is 0.248 e. The summed E-state index contributed by atoms with van der Waals surface area (Å²) in [7, 11) is -1.21. The molecule has 260 valence electrons. The van der Waals surface area contributed by atoms with Crippen molar-refractivity contribution in [1.82, 2.24) is 9.55 Å². The second kappa shape index (κ2) is 18.5. The molecule has 1 saturated heterocycles. The number of rotatable bonds is 17. The normalized spacial score (nSPS) is 14.3. The molecule has 2 heterocycles. The molecule has 5 rings (SSSR count). The van der Waals surface area contributed by atoms with Crippen LogP contribution in [0.1, 0.15) is 64.1 Å². The molecule has 0 radical (unpaired) electrons. The number of hydrogen-bond donors (Lipinski definition) is 1. The van der Waals surface area contributed by atoms with Gasteiger partial charge in [0.2, 0.25) is 5.91 Å². The Morgan fingerprint density at radius 1 is 0.959 bits per heavy atom. The highest BCUT2D eigenvalue weighted by molar-refractivity contribution is 7.84. The van der Waals surface area contributed by atoms with Gasteiger partial charge in [0, 0.05) is 54.8 Å². The zero-order valence-electron chi connectivity index (χ0n) is 29.1. The molecule has 1 aromatic heterocycles. The van der Waals surface area contributed by atoms with Gasteiger partial charge in [0.05, 0.1) is 35.2 Å². The zero-order valence-corrected chi connectivity index (χ0v) is 29.9. The van der Waals surface area contributed by atoms with Crippen LogP contribution in [0.15, 0.2) is 90.2 Å². The average Bonchev–Trinajstić information content (AvgIpc) is 3.56. The number of aryl methyl sites for hydroxylation is 1. The molecule has 1 atom stereocenters. The van der Waals surface area contributed by atoms with E-state index in [1.54, 1.807) is 30.7 Å². The first kappa shape index (κ1) is 36.1. The lowest BCUT2D eigenvalue weighted by molar-refractivity contribution is -0.111. The van der Waals surface area contributed by atoms with Gasteiger partial charge in [-0.2, -0.15) is 0 Å². The maximum atomic E-state index is 13.1. The minimum absolute atomic E-state index is 0.221. The Morgan fingerprint density at radius 2 is 1.71 bits per heavy atom. The Balaban J connectivity index is 1.24. The van der Waals surface area contributed by atoms with E-state index in [0.29, 0.717) is 29.5 Å². The van der Waals surface area contributed by atoms with Crippen LogP contribution in [-0.4, -0.2) is 52.6 Å². The van der Waals surface area contributed by atoms with Gasteiger partial charge >= 0.3 is 0 Å². The highest BCUT2D eigenvalue weighted by atomic mass is 32.2. The van der Waals surface area contributed by atoms with Crippen LogP contribution in [0.2, 0.25) is 0 Å². The number of piperidine rings is 1. The predicted molar refractivity (Wildman–Crippen MR) is 200 cm³/mol. The summed E-state index contributed by atoms with van der Waals surface area (Å²) >= 11 is 0. The van der Waals surface area contributed by atoms with Crippen LogP contribution in [0, 0.1) is 5.92 Å². The van der Waals surface area contributed by atoms with Crippen molar-refractivity contribution in [2.24, 2.45) is 5.92 Å². The van der Waals surface area contributed by atoms with Crippen LogP contribution in [0.5, 0.6) is 5.75 Å². The SMILES string of the molecule is CCCCOCCOc1ccc(-c2ccc(N3CCC(C)CC3)c(/C=C/C(=O)Nc3ccc(S(=O)Cc4cncn4CCC)cc3)c2)cc1. The largest absolute Gasteiger partial charge is 0.491 e. The van der Waals surface area contributed by atoms with Gasteiger partial charge in [0.25, 0.3) is 0 Å². The fourth-order valence-electron chi connectivity index (χ4n) is 5.88. The lowest BCUT2D eigenvalue weighted by Gasteiger charge is -2.33. The van der Waals surface area contributed by atoms with E-state index < -0.39 is 10.8 Å². The summed E-state index contributed by atoms with van der Waals surface area (Å²) in [4.78, 5) is 20.4. The van der Waals surface area contributed by atoms with Crippen LogP contribution in [-0.2, 0) is 32.6 Å². The van der Waals surface area contributed by atoms with Crippen LogP contribution in [0.4, 0.5) is 11.4 Å². The number of nitrogens with zero attached hydrogens (tertiary/aromatic N) is 3. The van der Waals surface area contributed by atoms with Crippen LogP contribution in [0.3, 0.4) is 0 Å². The summed E-state index contributed by atoms with van der Waals surface area (Å²) < 4.78 is 26.5. The highest BCUT2D eigenvalue weighted by Gasteiger charge is 2.18. The number of benzene rings is 3. The predicted octanol–water partition coefficient (Wildman–Crippen LogP) is 8.35. The fraction of sp³-hybridized carbons (Fsp3) is 0.400. The molecule has 1 aliphatic rings. The first-order valence-electron chi connectivity index (χ1n) is 17.6. The first-order valence-corrected chi connectivity index (χ1v) is 18.9. The minimum Gasteiger partial charge on any atom is -0.491 e. The van der Waals surface area contributed by atoms with E-state index in [2.05, 4.69) is 66.3 Å². The molecule has 3 aromatic carbocycles. The van der Waals surface area contributed by atoms with E-state index >= 15 is 0 Å². The van der Waals surface area contributed by atoms with Crippen LogP contribution in [0.25, 0.3) is 17.2 Å². The Kier molecular flexibility index (Phi) is 13.6. The lowest BCUT2D eigenvalue weighted by atomic mass is 9.96. The molecule has 0 aliphatic carbocycles. The number of hydrogen-bond acceptors (Lipinski definition) is 6. The summed E-state index contributed by atoms with van der Waals surface area (Å²) in [6.45, 7) is 11.3. The minimum atomic E-state index is -1.21. The van der Waals surface area contributed by atoms with Crippen LogP contribution >= 0.6 is 0 Å². The molecule has 0 saturated carbocycles. The number of carbonyl (C=O) groups excluding carboxylic acids is 1. The first-order chi connectivity index (χ1) is 23.9. The number of nitrogens with one attached hydrogen (secondary N) is 1. The standard InChI is InChI=1S/C40H50N4O4S/c1-4-6-24-47-25-26-48-37-13-7-32(8-14-37)33-9-17-39(43-22-19-31(3)20-23-43)34(27-33)10-18-40(45)42-35-11-15-38(16-12-35)49(46)29-36-28-41-30-44(36)21-5-2/h7-18,27-28,30-31H,4-6,19-26,29H2,1-3H3,(H,42,45)/b18-10+. The maximum absolute atomic E-state index is 13.1. The molecule has 8 nitrogen and oxygen atoms in total. The van der Waals surface area contributed by atoms with Gasteiger partial charge in [-0.15, -0.1) is 0 Å². The van der Waals surface area contributed by atoms with Gasteiger partial charge < -0.3 is 24.3 Å². The summed E-state index contributed by atoms with van der Waals surface area (Å²) in [5.74, 6) is 1.72. The maximum Gasteiger partial charge on any atom is 0.248 e. The molecule has 49 heavy (non-hydrogen) atoms. The molecule has 0 spiro atoms. The van der Waals surface area contributed by atoms with E-state index in [4.69, 9.17) is 9.47 Å². The number of unbranched alkanes of at least 4 members (excludes halogenated alkanes) is 1. The average molecular weight is 683 g/mol. The molecule has 1 fully saturated rings. The molecule has 4 aromatic rings. The quantitative estimate of drug-likeness (QED) is 0.0890. The van der Waals surface area contributed by atoms with Gasteiger partial charge in [-0.25, -0.2) is 4.98 Å². The van der Waals surface area contributed by atoms with Crippen molar-refractivity contribution in [3.05, 3.63) is 96.6 Å². The number of ether oxygens (including phenoxy) is 2. The zero-order chi connectivity index (χ0) is 34.4. The van der Waals surface area contributed by atoms with Crippen LogP contribution < -0.4 is 15.0 Å². The van der Waals surface area contributed by atoms with Gasteiger partial charge in [0.1, 0.15) is 12.4 Å². The molecular formula is C40H50N4O4S. The van der Waals surface area contributed by atoms with Gasteiger partial charge in [-0.05, 0) is 103 Å². The van der Waals surface area contributed by atoms with Crippen molar-refractivity contribution in [2.45, 2.75) is 70.1 Å². The van der Waals surface area contributed by atoms with E-state index in [1.807, 2.05) is 34.9 Å². The third-order valence-corrected chi connectivity index (χ3v) is 10.2. The third-order valence-electron chi connectivity index (χ3n) is 8.82. The van der Waals surface area contributed by atoms with Crippen molar-refractivity contribution in [1.29, 1.82) is 0 Å². The molecule has 1 unspecified atom stereocenters. The van der Waals surface area contributed by atoms with E-state index in [9.17, 15) is 9.00 Å². The summed E-state index contributed by atoms with van der Waals surface area (Å²) in [5.41, 5.74) is 5.90. The summed E-state index contributed by atoms with van der Waals surface area (Å²) in [5, 5.41) is 2.96. The van der Waals surface area contributed by atoms with Gasteiger partial charge in [0.15, 0.2) is 0 Å². The Hall–Kier alpha value is -4.21. The number of anilines is 2. The molecule has 1 aliphatic heterocycles.